The molecule has 0 aromatic carbocycles. The van der Waals surface area contributed by atoms with Crippen molar-refractivity contribution in [1.29, 1.82) is 0 Å². The molecule has 0 spiro atoms. The molecule has 18 heavy (non-hydrogen) atoms. The van der Waals surface area contributed by atoms with E-state index in [0.717, 1.165) is 32.0 Å². The Morgan fingerprint density at radius 3 is 2.67 bits per heavy atom. The van der Waals surface area contributed by atoms with Gasteiger partial charge in [0.1, 0.15) is 0 Å². The van der Waals surface area contributed by atoms with Gasteiger partial charge in [0.15, 0.2) is 0 Å². The molecule has 1 saturated heterocycles. The highest BCUT2D eigenvalue weighted by atomic mass is 16.2. The molecular formula is C15H28N2O. The highest BCUT2D eigenvalue weighted by Crippen LogP contribution is 2.25. The van der Waals surface area contributed by atoms with E-state index in [9.17, 15) is 4.79 Å². The van der Waals surface area contributed by atoms with Gasteiger partial charge in [-0.3, -0.25) is 0 Å². The lowest BCUT2D eigenvalue weighted by Gasteiger charge is -2.31. The van der Waals surface area contributed by atoms with E-state index in [4.69, 9.17) is 0 Å². The van der Waals surface area contributed by atoms with Crippen LogP contribution in [0.5, 0.6) is 0 Å². The van der Waals surface area contributed by atoms with E-state index >= 15 is 0 Å². The number of hydrogen-bond acceptors (Lipinski definition) is 1. The average molecular weight is 252 g/mol. The molecule has 3 heteroatoms. The predicted octanol–water partition coefficient (Wildman–Crippen LogP) is 3.40. The van der Waals surface area contributed by atoms with E-state index in [1.165, 1.54) is 44.9 Å². The maximum absolute atomic E-state index is 12.0. The summed E-state index contributed by atoms with van der Waals surface area (Å²) in [6, 6.07) is 0.164. The van der Waals surface area contributed by atoms with Gasteiger partial charge in [-0.2, -0.15) is 0 Å². The first-order valence-electron chi connectivity index (χ1n) is 7.78. The fourth-order valence-electron chi connectivity index (χ4n) is 3.34. The van der Waals surface area contributed by atoms with Crippen LogP contribution in [0.3, 0.4) is 0 Å². The molecule has 2 amide bonds. The van der Waals surface area contributed by atoms with Crippen LogP contribution in [0.15, 0.2) is 0 Å². The van der Waals surface area contributed by atoms with Crippen molar-refractivity contribution in [2.24, 2.45) is 11.8 Å². The lowest BCUT2D eigenvalue weighted by atomic mass is 9.87. The zero-order valence-electron chi connectivity index (χ0n) is 11.8. The van der Waals surface area contributed by atoms with Crippen LogP contribution in [0.1, 0.15) is 58.3 Å². The minimum atomic E-state index is 0.164. The number of carbonyl (C=O) groups is 1. The molecule has 1 aliphatic carbocycles. The van der Waals surface area contributed by atoms with Crippen LogP contribution < -0.4 is 5.32 Å². The van der Waals surface area contributed by atoms with E-state index in [0.29, 0.717) is 5.92 Å². The van der Waals surface area contributed by atoms with Crippen LogP contribution in [0.25, 0.3) is 0 Å². The van der Waals surface area contributed by atoms with Gasteiger partial charge < -0.3 is 10.2 Å². The summed E-state index contributed by atoms with van der Waals surface area (Å²) in [5, 5.41) is 3.11. The summed E-state index contributed by atoms with van der Waals surface area (Å²) in [6.45, 7) is 4.99. The van der Waals surface area contributed by atoms with Gasteiger partial charge >= 0.3 is 6.03 Å². The van der Waals surface area contributed by atoms with Crippen molar-refractivity contribution in [3.05, 3.63) is 0 Å². The van der Waals surface area contributed by atoms with Crippen LogP contribution in [-0.4, -0.2) is 30.6 Å². The maximum Gasteiger partial charge on any atom is 0.317 e. The first-order chi connectivity index (χ1) is 8.75. The smallest absolute Gasteiger partial charge is 0.317 e. The number of nitrogens with one attached hydrogen (secondary N) is 1. The first kappa shape index (κ1) is 13.7. The van der Waals surface area contributed by atoms with Crippen molar-refractivity contribution in [3.8, 4) is 0 Å². The topological polar surface area (TPSA) is 32.3 Å². The number of rotatable bonds is 3. The largest absolute Gasteiger partial charge is 0.338 e. The second-order valence-corrected chi connectivity index (χ2v) is 6.22. The summed E-state index contributed by atoms with van der Waals surface area (Å²) in [4.78, 5) is 14.0. The normalized spacial score (nSPS) is 26.1. The number of nitrogens with zero attached hydrogens (tertiary/aromatic N) is 1. The van der Waals surface area contributed by atoms with E-state index in [-0.39, 0.29) is 6.03 Å². The van der Waals surface area contributed by atoms with Crippen LogP contribution in [0, 0.1) is 11.8 Å². The van der Waals surface area contributed by atoms with Crippen LogP contribution in [0.4, 0.5) is 4.79 Å². The standard InChI is InChI=1S/C15H28N2O/c1-13-6-5-11-17(12-13)15(18)16-10-9-14-7-3-2-4-8-14/h13-14H,2-12H2,1H3,(H,16,18). The minimum absolute atomic E-state index is 0.164. The predicted molar refractivity (Wildman–Crippen MR) is 74.6 cm³/mol. The van der Waals surface area contributed by atoms with E-state index < -0.39 is 0 Å². The molecule has 1 heterocycles. The van der Waals surface area contributed by atoms with E-state index in [1.54, 1.807) is 0 Å². The van der Waals surface area contributed by atoms with Gasteiger partial charge in [0.05, 0.1) is 0 Å². The minimum Gasteiger partial charge on any atom is -0.338 e. The lowest BCUT2D eigenvalue weighted by molar-refractivity contribution is 0.169. The van der Waals surface area contributed by atoms with Crippen molar-refractivity contribution in [2.45, 2.75) is 58.3 Å². The maximum atomic E-state index is 12.0. The Morgan fingerprint density at radius 1 is 1.17 bits per heavy atom. The fraction of sp³-hybridized carbons (Fsp3) is 0.933. The second kappa shape index (κ2) is 7.01. The Morgan fingerprint density at radius 2 is 1.94 bits per heavy atom. The Balaban J connectivity index is 1.61. The van der Waals surface area contributed by atoms with E-state index in [1.807, 2.05) is 4.90 Å². The molecule has 2 aliphatic rings. The van der Waals surface area contributed by atoms with Crippen LogP contribution in [-0.2, 0) is 0 Å². The summed E-state index contributed by atoms with van der Waals surface area (Å²) in [5.74, 6) is 1.53. The number of hydrogen-bond donors (Lipinski definition) is 1. The van der Waals surface area contributed by atoms with Gasteiger partial charge in [-0.1, -0.05) is 39.0 Å². The Kier molecular flexibility index (Phi) is 5.33. The van der Waals surface area contributed by atoms with E-state index in [2.05, 4.69) is 12.2 Å². The quantitative estimate of drug-likeness (QED) is 0.820. The lowest BCUT2D eigenvalue weighted by Crippen LogP contribution is -2.45. The zero-order chi connectivity index (χ0) is 12.8. The third-order valence-corrected chi connectivity index (χ3v) is 4.50. The van der Waals surface area contributed by atoms with Gasteiger partial charge in [0.2, 0.25) is 0 Å². The summed E-state index contributed by atoms with van der Waals surface area (Å²) in [6.07, 6.45) is 10.5. The summed E-state index contributed by atoms with van der Waals surface area (Å²) in [5.41, 5.74) is 0. The molecule has 0 aromatic heterocycles. The number of urea groups is 1. The van der Waals surface area contributed by atoms with Crippen molar-refractivity contribution < 1.29 is 4.79 Å². The zero-order valence-corrected chi connectivity index (χ0v) is 11.8. The number of amides is 2. The molecule has 0 bridgehead atoms. The fourth-order valence-corrected chi connectivity index (χ4v) is 3.34. The molecule has 0 radical (unpaired) electrons. The van der Waals surface area contributed by atoms with Crippen molar-refractivity contribution in [3.63, 3.8) is 0 Å². The molecule has 3 nitrogen and oxygen atoms in total. The molecule has 104 valence electrons. The van der Waals surface area contributed by atoms with Gasteiger partial charge in [-0.25, -0.2) is 4.79 Å². The second-order valence-electron chi connectivity index (χ2n) is 6.22. The molecule has 1 atom stereocenters. The molecule has 0 aromatic rings. The third-order valence-electron chi connectivity index (χ3n) is 4.50. The monoisotopic (exact) mass is 252 g/mol. The van der Waals surface area contributed by atoms with Crippen molar-refractivity contribution >= 4 is 6.03 Å². The Labute approximate surface area is 111 Å². The number of piperidine rings is 1. The Bertz CT molecular complexity index is 261. The average Bonchev–Trinajstić information content (AvgIpc) is 2.40. The van der Waals surface area contributed by atoms with Gasteiger partial charge in [-0.05, 0) is 31.1 Å². The van der Waals surface area contributed by atoms with Gasteiger partial charge in [-0.15, -0.1) is 0 Å². The molecular weight excluding hydrogens is 224 g/mol. The first-order valence-corrected chi connectivity index (χ1v) is 7.78. The SMILES string of the molecule is CC1CCCN(C(=O)NCCC2CCCCC2)C1. The molecule has 1 unspecified atom stereocenters. The van der Waals surface area contributed by atoms with Gasteiger partial charge in [0.25, 0.3) is 0 Å². The third kappa shape index (κ3) is 4.18. The van der Waals surface area contributed by atoms with Gasteiger partial charge in [0, 0.05) is 19.6 Å². The molecule has 1 aliphatic heterocycles. The molecule has 1 N–H and O–H groups in total. The Hall–Kier alpha value is -0.730. The molecule has 1 saturated carbocycles. The summed E-state index contributed by atoms with van der Waals surface area (Å²) < 4.78 is 0. The number of carbonyl (C=O) groups excluding carboxylic acids is 1. The summed E-state index contributed by atoms with van der Waals surface area (Å²) in [7, 11) is 0. The summed E-state index contributed by atoms with van der Waals surface area (Å²) >= 11 is 0. The van der Waals surface area contributed by atoms with Crippen LogP contribution >= 0.6 is 0 Å². The van der Waals surface area contributed by atoms with Crippen molar-refractivity contribution in [1.82, 2.24) is 10.2 Å². The molecule has 2 fully saturated rings. The highest BCUT2D eigenvalue weighted by molar-refractivity contribution is 5.74. The van der Waals surface area contributed by atoms with Crippen molar-refractivity contribution in [2.75, 3.05) is 19.6 Å². The molecule has 2 rings (SSSR count). The van der Waals surface area contributed by atoms with Crippen LogP contribution in [0.2, 0.25) is 0 Å². The number of likely N-dealkylation sites (tertiary alicyclic amines) is 1. The highest BCUT2D eigenvalue weighted by Gasteiger charge is 2.20.